The van der Waals surface area contributed by atoms with Crippen LogP contribution in [0.4, 0.5) is 0 Å². The van der Waals surface area contributed by atoms with E-state index in [1.807, 2.05) is 0 Å². The number of rotatable bonds is 5. The van der Waals surface area contributed by atoms with Crippen LogP contribution in [0, 0.1) is 5.92 Å². The molecule has 152 valence electrons. The summed E-state index contributed by atoms with van der Waals surface area (Å²) in [7, 11) is 0. The lowest BCUT2D eigenvalue weighted by atomic mass is 10.1. The van der Waals surface area contributed by atoms with Crippen molar-refractivity contribution >= 4 is 5.91 Å². The van der Waals surface area contributed by atoms with Gasteiger partial charge in [-0.2, -0.15) is 4.68 Å². The third-order valence-corrected chi connectivity index (χ3v) is 5.63. The first-order valence-electron chi connectivity index (χ1n) is 9.65. The first kappa shape index (κ1) is 17.0. The minimum Gasteiger partial charge on any atom is -0.454 e. The maximum Gasteiger partial charge on any atom is 0.341 e. The standard InChI is InChI=1S/C18H19N5O6/c24-17(9-1-2-9)19-11-6-25-16-12(7-26-15(11)16)23-18(20-21-22-23)29-10-3-4-13-14(5-10)28-8-27-13/h3-5,9,11-12,15-16H,1-2,6-8H2,(H,19,24)/t11-,12-,15+,16+/m0/s1. The number of fused-ring (bicyclic) bond motifs is 2. The van der Waals surface area contributed by atoms with Crippen molar-refractivity contribution in [3.8, 4) is 23.3 Å². The monoisotopic (exact) mass is 401 g/mol. The topological polar surface area (TPSA) is 119 Å². The van der Waals surface area contributed by atoms with Crippen LogP contribution in [0.1, 0.15) is 18.9 Å². The quantitative estimate of drug-likeness (QED) is 0.760. The molecule has 3 aliphatic heterocycles. The number of benzene rings is 1. The highest BCUT2D eigenvalue weighted by molar-refractivity contribution is 5.81. The summed E-state index contributed by atoms with van der Waals surface area (Å²) in [5.74, 6) is 2.04. The molecular formula is C18H19N5O6. The molecule has 0 radical (unpaired) electrons. The number of ether oxygens (including phenoxy) is 5. The Kier molecular flexibility index (Phi) is 3.84. The Morgan fingerprint density at radius 2 is 2.00 bits per heavy atom. The van der Waals surface area contributed by atoms with Gasteiger partial charge in [0, 0.05) is 12.0 Å². The van der Waals surface area contributed by atoms with Crippen molar-refractivity contribution in [2.75, 3.05) is 20.0 Å². The molecule has 4 heterocycles. The van der Waals surface area contributed by atoms with Crippen LogP contribution in [0.2, 0.25) is 0 Å². The lowest BCUT2D eigenvalue weighted by Gasteiger charge is -2.18. The summed E-state index contributed by atoms with van der Waals surface area (Å²) in [6, 6.07) is 5.08. The van der Waals surface area contributed by atoms with Gasteiger partial charge < -0.3 is 29.0 Å². The van der Waals surface area contributed by atoms with E-state index in [0.29, 0.717) is 30.5 Å². The van der Waals surface area contributed by atoms with Crippen LogP contribution >= 0.6 is 0 Å². The van der Waals surface area contributed by atoms with E-state index in [2.05, 4.69) is 20.8 Å². The van der Waals surface area contributed by atoms with Gasteiger partial charge in [-0.05, 0) is 35.4 Å². The number of aromatic nitrogens is 4. The van der Waals surface area contributed by atoms with E-state index in [4.69, 9.17) is 23.7 Å². The summed E-state index contributed by atoms with van der Waals surface area (Å²) in [6.07, 6.45) is 1.43. The van der Waals surface area contributed by atoms with Gasteiger partial charge >= 0.3 is 6.01 Å². The number of hydrogen-bond acceptors (Lipinski definition) is 9. The minimum atomic E-state index is -0.262. The van der Waals surface area contributed by atoms with Crippen molar-refractivity contribution in [1.82, 2.24) is 25.5 Å². The minimum absolute atomic E-state index is 0.0838. The summed E-state index contributed by atoms with van der Waals surface area (Å²) in [5.41, 5.74) is 0. The van der Waals surface area contributed by atoms with Crippen LogP contribution in [0.5, 0.6) is 23.3 Å². The van der Waals surface area contributed by atoms with Crippen LogP contribution in [-0.2, 0) is 14.3 Å². The summed E-state index contributed by atoms with van der Waals surface area (Å²) in [6.45, 7) is 0.966. The fourth-order valence-electron chi connectivity index (χ4n) is 3.97. The second-order valence-corrected chi connectivity index (χ2v) is 7.58. The van der Waals surface area contributed by atoms with Crippen molar-refractivity contribution in [2.24, 2.45) is 5.92 Å². The smallest absolute Gasteiger partial charge is 0.341 e. The summed E-state index contributed by atoms with van der Waals surface area (Å²) in [4.78, 5) is 12.1. The number of nitrogens with one attached hydrogen (secondary N) is 1. The summed E-state index contributed by atoms with van der Waals surface area (Å²) >= 11 is 0. The highest BCUT2D eigenvalue weighted by Crippen LogP contribution is 2.39. The van der Waals surface area contributed by atoms with E-state index < -0.39 is 0 Å². The number of amides is 1. The average molecular weight is 401 g/mol. The third kappa shape index (κ3) is 2.97. The average Bonchev–Trinajstić information content (AvgIpc) is 3.07. The molecule has 6 rings (SSSR count). The molecule has 1 N–H and O–H groups in total. The Morgan fingerprint density at radius 1 is 1.14 bits per heavy atom. The zero-order chi connectivity index (χ0) is 19.4. The highest BCUT2D eigenvalue weighted by Gasteiger charge is 2.50. The van der Waals surface area contributed by atoms with Crippen molar-refractivity contribution in [3.05, 3.63) is 18.2 Å². The van der Waals surface area contributed by atoms with Crippen molar-refractivity contribution < 1.29 is 28.5 Å². The molecule has 2 saturated heterocycles. The van der Waals surface area contributed by atoms with E-state index in [9.17, 15) is 4.79 Å². The largest absolute Gasteiger partial charge is 0.454 e. The van der Waals surface area contributed by atoms with E-state index in [1.54, 1.807) is 22.9 Å². The Labute approximate surface area is 165 Å². The Hall–Kier alpha value is -2.92. The molecular weight excluding hydrogens is 382 g/mol. The van der Waals surface area contributed by atoms with Gasteiger partial charge in [0.1, 0.15) is 24.0 Å². The molecule has 1 aliphatic carbocycles. The lowest BCUT2D eigenvalue weighted by molar-refractivity contribution is -0.123. The Balaban J connectivity index is 1.18. The number of hydrogen-bond donors (Lipinski definition) is 1. The first-order valence-corrected chi connectivity index (χ1v) is 9.65. The summed E-state index contributed by atoms with van der Waals surface area (Å²) in [5, 5.41) is 14.9. The van der Waals surface area contributed by atoms with Crippen LogP contribution < -0.4 is 19.5 Å². The molecule has 3 fully saturated rings. The molecule has 4 atom stereocenters. The van der Waals surface area contributed by atoms with Crippen molar-refractivity contribution in [1.29, 1.82) is 0 Å². The SMILES string of the molecule is O=C(N[C@H]1CO[C@H]2[C@@H]1OC[C@@H]2n1nnnc1Oc1ccc2c(c1)OCO2)C1CC1. The molecule has 4 aliphatic rings. The van der Waals surface area contributed by atoms with Gasteiger partial charge in [0.05, 0.1) is 19.3 Å². The molecule has 1 aromatic heterocycles. The van der Waals surface area contributed by atoms with Crippen LogP contribution in [0.25, 0.3) is 0 Å². The fraction of sp³-hybridized carbons (Fsp3) is 0.556. The third-order valence-electron chi connectivity index (χ3n) is 5.63. The van der Waals surface area contributed by atoms with Crippen LogP contribution in [-0.4, -0.2) is 64.4 Å². The second kappa shape index (κ2) is 6.56. The number of tetrazole rings is 1. The van der Waals surface area contributed by atoms with Gasteiger partial charge in [-0.25, -0.2) is 0 Å². The van der Waals surface area contributed by atoms with E-state index >= 15 is 0 Å². The van der Waals surface area contributed by atoms with E-state index in [-0.39, 0.29) is 48.9 Å². The molecule has 1 saturated carbocycles. The molecule has 0 bridgehead atoms. The molecule has 11 heteroatoms. The summed E-state index contributed by atoms with van der Waals surface area (Å²) < 4.78 is 30.0. The predicted octanol–water partition coefficient (Wildman–Crippen LogP) is 0.428. The molecule has 0 unspecified atom stereocenters. The highest BCUT2D eigenvalue weighted by atomic mass is 16.7. The predicted molar refractivity (Wildman–Crippen MR) is 93.6 cm³/mol. The maximum atomic E-state index is 12.1. The molecule has 1 aromatic carbocycles. The molecule has 2 aromatic rings. The molecule has 29 heavy (non-hydrogen) atoms. The Morgan fingerprint density at radius 3 is 2.90 bits per heavy atom. The van der Waals surface area contributed by atoms with Gasteiger partial charge in [0.25, 0.3) is 0 Å². The van der Waals surface area contributed by atoms with Gasteiger partial charge in [-0.3, -0.25) is 4.79 Å². The second-order valence-electron chi connectivity index (χ2n) is 7.58. The number of carbonyl (C=O) groups excluding carboxylic acids is 1. The van der Waals surface area contributed by atoms with Gasteiger partial charge in [-0.15, -0.1) is 0 Å². The van der Waals surface area contributed by atoms with Gasteiger partial charge in [0.15, 0.2) is 11.5 Å². The number of nitrogens with zero attached hydrogens (tertiary/aromatic N) is 4. The number of carbonyl (C=O) groups is 1. The van der Waals surface area contributed by atoms with Crippen molar-refractivity contribution in [3.63, 3.8) is 0 Å². The van der Waals surface area contributed by atoms with E-state index in [0.717, 1.165) is 12.8 Å². The van der Waals surface area contributed by atoms with Crippen molar-refractivity contribution in [2.45, 2.75) is 37.1 Å². The van der Waals surface area contributed by atoms with Gasteiger partial charge in [0.2, 0.25) is 12.7 Å². The Bertz CT molecular complexity index is 947. The molecule has 11 nitrogen and oxygen atoms in total. The zero-order valence-electron chi connectivity index (χ0n) is 15.4. The lowest BCUT2D eigenvalue weighted by Crippen LogP contribution is -2.44. The molecule has 0 spiro atoms. The molecule has 1 amide bonds. The maximum absolute atomic E-state index is 12.1. The fourth-order valence-corrected chi connectivity index (χ4v) is 3.97. The normalized spacial score (nSPS) is 29.7. The zero-order valence-corrected chi connectivity index (χ0v) is 15.4. The van der Waals surface area contributed by atoms with Crippen LogP contribution in [0.3, 0.4) is 0 Å². The first-order chi connectivity index (χ1) is 14.3. The van der Waals surface area contributed by atoms with Gasteiger partial charge in [-0.1, -0.05) is 5.10 Å². The van der Waals surface area contributed by atoms with Crippen LogP contribution in [0.15, 0.2) is 18.2 Å². The van der Waals surface area contributed by atoms with E-state index in [1.165, 1.54) is 0 Å².